The lowest BCUT2D eigenvalue weighted by atomic mass is 9.66. The molecule has 2 aliphatic rings. The van der Waals surface area contributed by atoms with Crippen LogP contribution in [-0.4, -0.2) is 23.3 Å². The molecule has 4 atom stereocenters. The molecular weight excluding hydrogens is 402 g/mol. The summed E-state index contributed by atoms with van der Waals surface area (Å²) in [6.07, 6.45) is 6.44. The van der Waals surface area contributed by atoms with Crippen molar-refractivity contribution < 1.29 is 4.79 Å². The van der Waals surface area contributed by atoms with E-state index < -0.39 is 0 Å². The van der Waals surface area contributed by atoms with Crippen molar-refractivity contribution in [2.45, 2.75) is 57.0 Å². The van der Waals surface area contributed by atoms with Crippen molar-refractivity contribution in [3.63, 3.8) is 0 Å². The van der Waals surface area contributed by atoms with E-state index in [1.807, 2.05) is 30.3 Å². The molecule has 1 saturated heterocycles. The van der Waals surface area contributed by atoms with Crippen molar-refractivity contribution in [2.75, 3.05) is 6.54 Å². The van der Waals surface area contributed by atoms with Crippen LogP contribution in [0.3, 0.4) is 0 Å². The molecule has 1 aliphatic heterocycles. The third-order valence-electron chi connectivity index (χ3n) is 8.03. The van der Waals surface area contributed by atoms with Crippen LogP contribution in [0.1, 0.15) is 72.5 Å². The number of hydrogen-bond donors (Lipinski definition) is 0. The highest BCUT2D eigenvalue weighted by Crippen LogP contribution is 2.49. The van der Waals surface area contributed by atoms with Crippen LogP contribution >= 0.6 is 0 Å². The molecule has 0 amide bonds. The standard InChI is InChI=1S/C31H35NO/c1-23-29(24-14-6-2-7-15-24)28(31(33)26-18-10-4-11-19-26)22-32(27-20-12-5-13-21-27)30(23)25-16-8-3-9-17-25/h2-4,6-11,14-19,23,27-30H,5,12-13,20-22H2,1H3/t23-,28+,29-,30-/m1/s1. The minimum atomic E-state index is -0.0355. The van der Waals surface area contributed by atoms with Crippen molar-refractivity contribution in [3.05, 3.63) is 108 Å². The third-order valence-corrected chi connectivity index (χ3v) is 8.03. The molecule has 0 unspecified atom stereocenters. The van der Waals surface area contributed by atoms with E-state index in [0.29, 0.717) is 23.8 Å². The number of carbonyl (C=O) groups is 1. The molecule has 2 fully saturated rings. The minimum absolute atomic E-state index is 0.0355. The first-order valence-corrected chi connectivity index (χ1v) is 12.7. The molecule has 5 rings (SSSR count). The van der Waals surface area contributed by atoms with Gasteiger partial charge in [-0.05, 0) is 35.8 Å². The van der Waals surface area contributed by atoms with E-state index in [0.717, 1.165) is 12.1 Å². The second kappa shape index (κ2) is 10.1. The number of carbonyl (C=O) groups excluding carboxylic acids is 1. The number of piperidine rings is 1. The average Bonchev–Trinajstić information content (AvgIpc) is 2.89. The van der Waals surface area contributed by atoms with Gasteiger partial charge in [0, 0.05) is 30.1 Å². The third kappa shape index (κ3) is 4.54. The number of nitrogens with zero attached hydrogens (tertiary/aromatic N) is 1. The first-order valence-electron chi connectivity index (χ1n) is 12.7. The van der Waals surface area contributed by atoms with Crippen LogP contribution in [0.4, 0.5) is 0 Å². The molecule has 1 aliphatic carbocycles. The predicted molar refractivity (Wildman–Crippen MR) is 135 cm³/mol. The Morgan fingerprint density at radius 3 is 1.88 bits per heavy atom. The number of benzene rings is 3. The largest absolute Gasteiger partial charge is 0.294 e. The Morgan fingerprint density at radius 2 is 1.27 bits per heavy atom. The monoisotopic (exact) mass is 437 g/mol. The van der Waals surface area contributed by atoms with Gasteiger partial charge in [-0.1, -0.05) is 117 Å². The molecule has 3 aromatic carbocycles. The maximum absolute atomic E-state index is 14.0. The van der Waals surface area contributed by atoms with Crippen LogP contribution in [0.2, 0.25) is 0 Å². The van der Waals surface area contributed by atoms with Crippen molar-refractivity contribution >= 4 is 5.78 Å². The topological polar surface area (TPSA) is 20.3 Å². The van der Waals surface area contributed by atoms with E-state index in [1.165, 1.54) is 43.2 Å². The Morgan fingerprint density at radius 1 is 0.727 bits per heavy atom. The second-order valence-corrected chi connectivity index (χ2v) is 9.98. The summed E-state index contributed by atoms with van der Waals surface area (Å²) < 4.78 is 0. The fourth-order valence-electron chi connectivity index (χ4n) is 6.53. The summed E-state index contributed by atoms with van der Waals surface area (Å²) in [4.78, 5) is 16.7. The van der Waals surface area contributed by atoms with Crippen LogP contribution in [0, 0.1) is 11.8 Å². The molecule has 2 heteroatoms. The fraction of sp³-hybridized carbons (Fsp3) is 0.387. The molecule has 3 aromatic rings. The Balaban J connectivity index is 1.59. The molecule has 0 aromatic heterocycles. The summed E-state index contributed by atoms with van der Waals surface area (Å²) in [5.41, 5.74) is 3.53. The Labute approximate surface area is 198 Å². The smallest absolute Gasteiger partial charge is 0.167 e. The van der Waals surface area contributed by atoms with E-state index in [-0.39, 0.29) is 11.8 Å². The maximum atomic E-state index is 14.0. The number of hydrogen-bond acceptors (Lipinski definition) is 2. The predicted octanol–water partition coefficient (Wildman–Crippen LogP) is 7.30. The molecule has 0 radical (unpaired) electrons. The number of likely N-dealkylation sites (tertiary alicyclic amines) is 1. The van der Waals surface area contributed by atoms with Gasteiger partial charge >= 0.3 is 0 Å². The summed E-state index contributed by atoms with van der Waals surface area (Å²) in [7, 11) is 0. The van der Waals surface area contributed by atoms with Gasteiger partial charge in [0.05, 0.1) is 0 Å². The van der Waals surface area contributed by atoms with Gasteiger partial charge in [0.15, 0.2) is 5.78 Å². The molecule has 2 nitrogen and oxygen atoms in total. The van der Waals surface area contributed by atoms with E-state index in [1.54, 1.807) is 0 Å². The fourth-order valence-corrected chi connectivity index (χ4v) is 6.53. The highest BCUT2D eigenvalue weighted by molar-refractivity contribution is 5.98. The highest BCUT2D eigenvalue weighted by atomic mass is 16.1. The zero-order valence-electron chi connectivity index (χ0n) is 19.6. The van der Waals surface area contributed by atoms with Crippen molar-refractivity contribution in [1.29, 1.82) is 0 Å². The van der Waals surface area contributed by atoms with E-state index in [4.69, 9.17) is 0 Å². The normalized spacial score (nSPS) is 26.7. The van der Waals surface area contributed by atoms with Gasteiger partial charge < -0.3 is 0 Å². The van der Waals surface area contributed by atoms with Gasteiger partial charge in [-0.25, -0.2) is 0 Å². The summed E-state index contributed by atoms with van der Waals surface area (Å²) in [5, 5.41) is 0. The van der Waals surface area contributed by atoms with Gasteiger partial charge in [-0.15, -0.1) is 0 Å². The zero-order chi connectivity index (χ0) is 22.6. The van der Waals surface area contributed by atoms with Crippen LogP contribution < -0.4 is 0 Å². The van der Waals surface area contributed by atoms with Gasteiger partial charge in [0.25, 0.3) is 0 Å². The molecule has 0 bridgehead atoms. The summed E-state index contributed by atoms with van der Waals surface area (Å²) in [6, 6.07) is 32.6. The van der Waals surface area contributed by atoms with Gasteiger partial charge in [-0.3, -0.25) is 9.69 Å². The lowest BCUT2D eigenvalue weighted by Gasteiger charge is -2.52. The molecule has 1 saturated carbocycles. The molecule has 0 N–H and O–H groups in total. The maximum Gasteiger partial charge on any atom is 0.167 e. The van der Waals surface area contributed by atoms with Crippen LogP contribution in [0.25, 0.3) is 0 Å². The van der Waals surface area contributed by atoms with Crippen molar-refractivity contribution in [3.8, 4) is 0 Å². The molecule has 33 heavy (non-hydrogen) atoms. The Kier molecular flexibility index (Phi) is 6.73. The number of Topliss-reactive ketones (excluding diaryl/α,β-unsaturated/α-hetero) is 1. The zero-order valence-corrected chi connectivity index (χ0v) is 19.6. The first kappa shape index (κ1) is 22.1. The van der Waals surface area contributed by atoms with E-state index in [2.05, 4.69) is 72.5 Å². The van der Waals surface area contributed by atoms with Gasteiger partial charge in [0.2, 0.25) is 0 Å². The SMILES string of the molecule is C[C@@H]1[C@H](c2ccccc2)[C@@H](C(=O)c2ccccc2)CN(C2CCCCC2)[C@H]1c1ccccc1. The van der Waals surface area contributed by atoms with Crippen LogP contribution in [0.5, 0.6) is 0 Å². The highest BCUT2D eigenvalue weighted by Gasteiger charge is 2.47. The summed E-state index contributed by atoms with van der Waals surface area (Å²) in [6.45, 7) is 3.22. The molecule has 0 spiro atoms. The number of ketones is 1. The second-order valence-electron chi connectivity index (χ2n) is 9.98. The van der Waals surface area contributed by atoms with Crippen LogP contribution in [0.15, 0.2) is 91.0 Å². The minimum Gasteiger partial charge on any atom is -0.294 e. The van der Waals surface area contributed by atoms with E-state index in [9.17, 15) is 4.79 Å². The van der Waals surface area contributed by atoms with Crippen molar-refractivity contribution in [1.82, 2.24) is 4.90 Å². The quantitative estimate of drug-likeness (QED) is 0.390. The summed E-state index contributed by atoms with van der Waals surface area (Å²) >= 11 is 0. The van der Waals surface area contributed by atoms with Gasteiger partial charge in [-0.2, -0.15) is 0 Å². The van der Waals surface area contributed by atoms with Crippen molar-refractivity contribution in [2.24, 2.45) is 11.8 Å². The summed E-state index contributed by atoms with van der Waals surface area (Å²) in [5.74, 6) is 0.794. The number of rotatable bonds is 5. The van der Waals surface area contributed by atoms with E-state index >= 15 is 0 Å². The Bertz CT molecular complexity index is 1030. The lowest BCUT2D eigenvalue weighted by molar-refractivity contribution is 0.000184. The Hall–Kier alpha value is -2.71. The molecular formula is C31H35NO. The van der Waals surface area contributed by atoms with Crippen LogP contribution in [-0.2, 0) is 0 Å². The first-order chi connectivity index (χ1) is 16.2. The van der Waals surface area contributed by atoms with Gasteiger partial charge in [0.1, 0.15) is 0 Å². The molecule has 170 valence electrons. The average molecular weight is 438 g/mol. The molecule has 1 heterocycles. The lowest BCUT2D eigenvalue weighted by Crippen LogP contribution is -2.53.